The van der Waals surface area contributed by atoms with Crippen molar-refractivity contribution in [2.24, 2.45) is 0 Å². The zero-order valence-electron chi connectivity index (χ0n) is 10.2. The third-order valence-corrected chi connectivity index (χ3v) is 2.63. The maximum Gasteiger partial charge on any atom is 0.416 e. The summed E-state index contributed by atoms with van der Waals surface area (Å²) in [5, 5.41) is 18.2. The number of hydrogen-bond donors (Lipinski definition) is 2. The first-order valence-electron chi connectivity index (χ1n) is 5.67. The minimum Gasteiger partial charge on any atom is -0.508 e. The molecule has 0 heterocycles. The van der Waals surface area contributed by atoms with Crippen LogP contribution in [0.4, 0.5) is 13.2 Å². The van der Waals surface area contributed by atoms with Gasteiger partial charge in [-0.15, -0.1) is 0 Å². The van der Waals surface area contributed by atoms with Crippen molar-refractivity contribution in [2.45, 2.75) is 12.8 Å². The Bertz CT molecular complexity index is 592. The highest BCUT2D eigenvalue weighted by atomic mass is 19.4. The van der Waals surface area contributed by atoms with E-state index < -0.39 is 17.5 Å². The molecule has 0 aliphatic carbocycles. The minimum atomic E-state index is -4.56. The average Bonchev–Trinajstić information content (AvgIpc) is 2.38. The summed E-state index contributed by atoms with van der Waals surface area (Å²) in [5.41, 5.74) is -1.01. The van der Waals surface area contributed by atoms with Gasteiger partial charge in [0, 0.05) is 5.56 Å². The highest BCUT2D eigenvalue weighted by Gasteiger charge is 2.33. The van der Waals surface area contributed by atoms with Crippen molar-refractivity contribution in [3.05, 3.63) is 53.6 Å². The fourth-order valence-corrected chi connectivity index (χ4v) is 1.66. The van der Waals surface area contributed by atoms with Gasteiger partial charge in [-0.05, 0) is 36.4 Å². The highest BCUT2D eigenvalue weighted by Crippen LogP contribution is 2.34. The molecule has 6 heteroatoms. The lowest BCUT2D eigenvalue weighted by Crippen LogP contribution is -2.10. The van der Waals surface area contributed by atoms with Crippen molar-refractivity contribution in [1.29, 1.82) is 0 Å². The molecule has 3 nitrogen and oxygen atoms in total. The monoisotopic (exact) mass is 284 g/mol. The van der Waals surface area contributed by atoms with Gasteiger partial charge in [0.25, 0.3) is 0 Å². The van der Waals surface area contributed by atoms with Crippen LogP contribution >= 0.6 is 0 Å². The maximum atomic E-state index is 12.8. The Morgan fingerprint density at radius 2 is 1.50 bits per heavy atom. The Morgan fingerprint density at radius 1 is 0.900 bits per heavy atom. The molecule has 0 aromatic heterocycles. The van der Waals surface area contributed by atoms with E-state index in [2.05, 4.69) is 0 Å². The summed E-state index contributed by atoms with van der Waals surface area (Å²) in [4.78, 5) is 0. The van der Waals surface area contributed by atoms with Gasteiger partial charge < -0.3 is 14.9 Å². The molecule has 0 aliphatic heterocycles. The van der Waals surface area contributed by atoms with E-state index in [1.165, 1.54) is 36.4 Å². The second kappa shape index (κ2) is 5.32. The van der Waals surface area contributed by atoms with Crippen LogP contribution in [0.3, 0.4) is 0 Å². The molecule has 0 bridgehead atoms. The van der Waals surface area contributed by atoms with E-state index in [0.717, 1.165) is 0 Å². The largest absolute Gasteiger partial charge is 0.508 e. The molecule has 2 rings (SSSR count). The van der Waals surface area contributed by atoms with Gasteiger partial charge in [-0.2, -0.15) is 13.2 Å². The first-order chi connectivity index (χ1) is 9.36. The number of alkyl halides is 3. The first kappa shape index (κ1) is 14.0. The van der Waals surface area contributed by atoms with Crippen molar-refractivity contribution in [3.8, 4) is 17.2 Å². The number of rotatable bonds is 3. The SMILES string of the molecule is Oc1ccc(OCc2ccc(O)cc2C(F)(F)F)cc1. The molecule has 0 fully saturated rings. The fraction of sp³-hybridized carbons (Fsp3) is 0.143. The Kier molecular flexibility index (Phi) is 3.74. The molecule has 0 saturated carbocycles. The third kappa shape index (κ3) is 3.34. The van der Waals surface area contributed by atoms with E-state index in [4.69, 9.17) is 14.9 Å². The summed E-state index contributed by atoms with van der Waals surface area (Å²) in [6.45, 7) is -0.292. The van der Waals surface area contributed by atoms with Crippen molar-refractivity contribution >= 4 is 0 Å². The topological polar surface area (TPSA) is 49.7 Å². The zero-order valence-corrected chi connectivity index (χ0v) is 10.2. The quantitative estimate of drug-likeness (QED) is 0.903. The predicted molar refractivity (Wildman–Crippen MR) is 65.5 cm³/mol. The van der Waals surface area contributed by atoms with Gasteiger partial charge in [-0.3, -0.25) is 0 Å². The van der Waals surface area contributed by atoms with Crippen LogP contribution < -0.4 is 4.74 Å². The number of ether oxygens (including phenoxy) is 1. The number of aromatic hydroxyl groups is 2. The molecular weight excluding hydrogens is 273 g/mol. The lowest BCUT2D eigenvalue weighted by Gasteiger charge is -2.14. The van der Waals surface area contributed by atoms with E-state index in [1.807, 2.05) is 0 Å². The van der Waals surface area contributed by atoms with Crippen molar-refractivity contribution in [3.63, 3.8) is 0 Å². The van der Waals surface area contributed by atoms with E-state index in [0.29, 0.717) is 11.8 Å². The molecule has 0 radical (unpaired) electrons. The van der Waals surface area contributed by atoms with Crippen LogP contribution in [-0.4, -0.2) is 10.2 Å². The van der Waals surface area contributed by atoms with E-state index >= 15 is 0 Å². The summed E-state index contributed by atoms with van der Waals surface area (Å²) < 4.78 is 43.7. The van der Waals surface area contributed by atoms with Gasteiger partial charge >= 0.3 is 6.18 Å². The molecule has 0 unspecified atom stereocenters. The van der Waals surface area contributed by atoms with Crippen LogP contribution in [0.1, 0.15) is 11.1 Å². The van der Waals surface area contributed by atoms with Gasteiger partial charge in [-0.25, -0.2) is 0 Å². The van der Waals surface area contributed by atoms with Gasteiger partial charge in [0.1, 0.15) is 23.9 Å². The predicted octanol–water partition coefficient (Wildman–Crippen LogP) is 3.70. The smallest absolute Gasteiger partial charge is 0.416 e. The Balaban J connectivity index is 2.19. The molecule has 0 saturated heterocycles. The second-order valence-corrected chi connectivity index (χ2v) is 4.12. The molecule has 20 heavy (non-hydrogen) atoms. The summed E-state index contributed by atoms with van der Waals surface area (Å²) >= 11 is 0. The Hall–Kier alpha value is -2.37. The van der Waals surface area contributed by atoms with Gasteiger partial charge in [-0.1, -0.05) is 6.07 Å². The molecule has 0 amide bonds. The second-order valence-electron chi connectivity index (χ2n) is 4.12. The Labute approximate surface area is 112 Å². The summed E-state index contributed by atoms with van der Waals surface area (Å²) in [6.07, 6.45) is -4.56. The number of halogens is 3. The van der Waals surface area contributed by atoms with E-state index in [-0.39, 0.29) is 17.9 Å². The molecule has 0 atom stereocenters. The van der Waals surface area contributed by atoms with Crippen LogP contribution in [0.15, 0.2) is 42.5 Å². The Morgan fingerprint density at radius 3 is 2.10 bits per heavy atom. The molecule has 0 aliphatic rings. The van der Waals surface area contributed by atoms with E-state index in [9.17, 15) is 13.2 Å². The van der Waals surface area contributed by atoms with Gasteiger partial charge in [0.2, 0.25) is 0 Å². The first-order valence-corrected chi connectivity index (χ1v) is 5.67. The van der Waals surface area contributed by atoms with Crippen LogP contribution in [0, 0.1) is 0 Å². The fourth-order valence-electron chi connectivity index (χ4n) is 1.66. The van der Waals surface area contributed by atoms with Crippen LogP contribution in [0.25, 0.3) is 0 Å². The summed E-state index contributed by atoms with van der Waals surface area (Å²) in [5.74, 6) is -0.0762. The van der Waals surface area contributed by atoms with Gasteiger partial charge in [0.05, 0.1) is 5.56 Å². The van der Waals surface area contributed by atoms with E-state index in [1.54, 1.807) is 0 Å². The van der Waals surface area contributed by atoms with Crippen LogP contribution in [0.2, 0.25) is 0 Å². The van der Waals surface area contributed by atoms with Crippen molar-refractivity contribution < 1.29 is 28.1 Å². The van der Waals surface area contributed by atoms with Crippen molar-refractivity contribution in [2.75, 3.05) is 0 Å². The normalized spacial score (nSPS) is 11.3. The number of hydrogen-bond acceptors (Lipinski definition) is 3. The minimum absolute atomic E-state index is 0.0398. The zero-order chi connectivity index (χ0) is 14.8. The molecule has 2 aromatic rings. The van der Waals surface area contributed by atoms with Crippen molar-refractivity contribution in [1.82, 2.24) is 0 Å². The van der Waals surface area contributed by atoms with Gasteiger partial charge in [0.15, 0.2) is 0 Å². The molecular formula is C14H11F3O3. The lowest BCUT2D eigenvalue weighted by molar-refractivity contribution is -0.138. The number of phenols is 2. The third-order valence-electron chi connectivity index (χ3n) is 2.63. The average molecular weight is 284 g/mol. The standard InChI is InChI=1S/C14H11F3O3/c15-14(16,17)13-7-11(19)2-1-9(13)8-20-12-5-3-10(18)4-6-12/h1-7,18-19H,8H2. The molecule has 2 N–H and O–H groups in total. The molecule has 106 valence electrons. The number of phenolic OH excluding ortho intramolecular Hbond substituents is 2. The maximum absolute atomic E-state index is 12.8. The number of benzene rings is 2. The molecule has 2 aromatic carbocycles. The van der Waals surface area contributed by atoms with Crippen LogP contribution in [-0.2, 0) is 12.8 Å². The summed E-state index contributed by atoms with van der Waals surface area (Å²) in [6, 6.07) is 8.64. The summed E-state index contributed by atoms with van der Waals surface area (Å²) in [7, 11) is 0. The molecule has 0 spiro atoms. The van der Waals surface area contributed by atoms with Crippen LogP contribution in [0.5, 0.6) is 17.2 Å². The highest BCUT2D eigenvalue weighted by molar-refractivity contribution is 5.37. The lowest BCUT2D eigenvalue weighted by atomic mass is 10.1.